The largest absolute Gasteiger partial charge is 0.166 e. The maximum atomic E-state index is 2.28. The SMILES string of the molecule is Cc1ccccc1-c1ccc([S+](c2ccccc2)c2ccccc2)cc1. The Morgan fingerprint density at radius 3 is 1.46 bits per heavy atom. The first-order valence-corrected chi connectivity index (χ1v) is 10.1. The van der Waals surface area contributed by atoms with Crippen LogP contribution >= 0.6 is 0 Å². The molecule has 126 valence electrons. The zero-order chi connectivity index (χ0) is 17.8. The van der Waals surface area contributed by atoms with E-state index in [0.29, 0.717) is 0 Å². The van der Waals surface area contributed by atoms with E-state index in [1.165, 1.54) is 31.4 Å². The molecular weight excluding hydrogens is 332 g/mol. The molecule has 0 fully saturated rings. The summed E-state index contributed by atoms with van der Waals surface area (Å²) in [5.74, 6) is 0. The van der Waals surface area contributed by atoms with Crippen molar-refractivity contribution in [1.29, 1.82) is 0 Å². The molecule has 0 aliphatic heterocycles. The van der Waals surface area contributed by atoms with Crippen molar-refractivity contribution in [3.63, 3.8) is 0 Å². The van der Waals surface area contributed by atoms with Gasteiger partial charge in [-0.1, -0.05) is 60.7 Å². The molecule has 0 atom stereocenters. The monoisotopic (exact) mass is 353 g/mol. The Morgan fingerprint density at radius 2 is 0.923 bits per heavy atom. The van der Waals surface area contributed by atoms with E-state index in [9.17, 15) is 0 Å². The van der Waals surface area contributed by atoms with E-state index in [2.05, 4.69) is 116 Å². The summed E-state index contributed by atoms with van der Waals surface area (Å²) < 4.78 is 0. The van der Waals surface area contributed by atoms with Crippen LogP contribution in [0.2, 0.25) is 0 Å². The van der Waals surface area contributed by atoms with Crippen molar-refractivity contribution in [2.45, 2.75) is 21.6 Å². The van der Waals surface area contributed by atoms with Crippen LogP contribution in [0.4, 0.5) is 0 Å². The highest BCUT2D eigenvalue weighted by Crippen LogP contribution is 2.32. The van der Waals surface area contributed by atoms with Gasteiger partial charge >= 0.3 is 0 Å². The smallest absolute Gasteiger partial charge is 0.0620 e. The van der Waals surface area contributed by atoms with Crippen molar-refractivity contribution in [2.75, 3.05) is 0 Å². The number of aryl methyl sites for hydroxylation is 1. The van der Waals surface area contributed by atoms with Gasteiger partial charge in [-0.2, -0.15) is 0 Å². The second-order valence-corrected chi connectivity index (χ2v) is 8.30. The average molecular weight is 354 g/mol. The molecule has 0 aromatic heterocycles. The van der Waals surface area contributed by atoms with Crippen LogP contribution in [0.3, 0.4) is 0 Å². The fourth-order valence-electron chi connectivity index (χ4n) is 3.19. The summed E-state index contributed by atoms with van der Waals surface area (Å²) in [5, 5.41) is 0. The molecule has 0 aliphatic rings. The Kier molecular flexibility index (Phi) is 4.90. The second-order valence-electron chi connectivity index (χ2n) is 6.27. The molecule has 0 heterocycles. The van der Waals surface area contributed by atoms with Crippen molar-refractivity contribution >= 4 is 10.9 Å². The summed E-state index contributed by atoms with van der Waals surface area (Å²) in [6.45, 7) is 2.17. The van der Waals surface area contributed by atoms with Gasteiger partial charge in [-0.15, -0.1) is 0 Å². The van der Waals surface area contributed by atoms with Crippen LogP contribution in [0.15, 0.2) is 124 Å². The molecular formula is C25H21S+. The van der Waals surface area contributed by atoms with Gasteiger partial charge in [-0.3, -0.25) is 0 Å². The van der Waals surface area contributed by atoms with E-state index in [-0.39, 0.29) is 10.9 Å². The minimum Gasteiger partial charge on any atom is -0.0620 e. The highest BCUT2D eigenvalue weighted by Gasteiger charge is 2.28. The van der Waals surface area contributed by atoms with E-state index >= 15 is 0 Å². The Bertz CT molecular complexity index is 934. The lowest BCUT2D eigenvalue weighted by Gasteiger charge is -2.10. The molecule has 0 bridgehead atoms. The molecule has 26 heavy (non-hydrogen) atoms. The number of hydrogen-bond donors (Lipinski definition) is 0. The molecule has 0 amide bonds. The molecule has 0 spiro atoms. The molecule has 4 aromatic rings. The summed E-state index contributed by atoms with van der Waals surface area (Å²) in [4.78, 5) is 4.05. The third-order valence-electron chi connectivity index (χ3n) is 4.50. The predicted molar refractivity (Wildman–Crippen MR) is 112 cm³/mol. The fourth-order valence-corrected chi connectivity index (χ4v) is 5.27. The first-order chi connectivity index (χ1) is 12.8. The first kappa shape index (κ1) is 16.7. The molecule has 0 aliphatic carbocycles. The minimum atomic E-state index is -0.0846. The van der Waals surface area contributed by atoms with Crippen molar-refractivity contribution < 1.29 is 0 Å². The third-order valence-corrected chi connectivity index (χ3v) is 6.73. The lowest BCUT2D eigenvalue weighted by molar-refractivity contribution is 1.32. The summed E-state index contributed by atoms with van der Waals surface area (Å²) in [7, 11) is -0.0846. The van der Waals surface area contributed by atoms with Crippen LogP contribution in [0.25, 0.3) is 11.1 Å². The molecule has 0 N–H and O–H groups in total. The zero-order valence-electron chi connectivity index (χ0n) is 14.8. The highest BCUT2D eigenvalue weighted by atomic mass is 32.2. The van der Waals surface area contributed by atoms with E-state index in [1.807, 2.05) is 0 Å². The Labute approximate surface area is 158 Å². The van der Waals surface area contributed by atoms with Crippen LogP contribution in [-0.4, -0.2) is 0 Å². The van der Waals surface area contributed by atoms with Gasteiger partial charge < -0.3 is 0 Å². The summed E-state index contributed by atoms with van der Waals surface area (Å²) >= 11 is 0. The van der Waals surface area contributed by atoms with Gasteiger partial charge in [0.25, 0.3) is 0 Å². The quantitative estimate of drug-likeness (QED) is 0.356. The molecule has 0 nitrogen and oxygen atoms in total. The molecule has 0 saturated heterocycles. The maximum absolute atomic E-state index is 2.28. The molecule has 0 radical (unpaired) electrons. The lowest BCUT2D eigenvalue weighted by Crippen LogP contribution is -2.04. The molecule has 0 saturated carbocycles. The summed E-state index contributed by atoms with van der Waals surface area (Å²) in [5.41, 5.74) is 3.89. The maximum Gasteiger partial charge on any atom is 0.166 e. The Morgan fingerprint density at radius 1 is 0.462 bits per heavy atom. The van der Waals surface area contributed by atoms with Gasteiger partial charge in [0.2, 0.25) is 0 Å². The minimum absolute atomic E-state index is 0.0846. The molecule has 4 aromatic carbocycles. The average Bonchev–Trinajstić information content (AvgIpc) is 2.71. The number of benzene rings is 4. The van der Waals surface area contributed by atoms with Gasteiger partial charge in [-0.05, 0) is 72.1 Å². The van der Waals surface area contributed by atoms with Gasteiger partial charge in [-0.25, -0.2) is 0 Å². The second kappa shape index (κ2) is 7.63. The fraction of sp³-hybridized carbons (Fsp3) is 0.0400. The zero-order valence-corrected chi connectivity index (χ0v) is 15.6. The third kappa shape index (κ3) is 3.44. The Balaban J connectivity index is 1.76. The van der Waals surface area contributed by atoms with Gasteiger partial charge in [0.15, 0.2) is 14.7 Å². The van der Waals surface area contributed by atoms with E-state index in [1.54, 1.807) is 0 Å². The molecule has 4 rings (SSSR count). The van der Waals surface area contributed by atoms with E-state index in [0.717, 1.165) is 0 Å². The van der Waals surface area contributed by atoms with Crippen LogP contribution in [0, 0.1) is 6.92 Å². The van der Waals surface area contributed by atoms with Crippen LogP contribution in [0.5, 0.6) is 0 Å². The normalized spacial score (nSPS) is 10.8. The molecule has 1 heteroatoms. The lowest BCUT2D eigenvalue weighted by atomic mass is 10.0. The van der Waals surface area contributed by atoms with Gasteiger partial charge in [0.05, 0.1) is 10.9 Å². The predicted octanol–water partition coefficient (Wildman–Crippen LogP) is 6.76. The van der Waals surface area contributed by atoms with Crippen LogP contribution < -0.4 is 0 Å². The highest BCUT2D eigenvalue weighted by molar-refractivity contribution is 7.97. The van der Waals surface area contributed by atoms with Crippen LogP contribution in [-0.2, 0) is 10.9 Å². The summed E-state index contributed by atoms with van der Waals surface area (Å²) in [6.07, 6.45) is 0. The summed E-state index contributed by atoms with van der Waals surface area (Å²) in [6, 6.07) is 39.2. The number of rotatable bonds is 4. The van der Waals surface area contributed by atoms with E-state index < -0.39 is 0 Å². The van der Waals surface area contributed by atoms with Crippen molar-refractivity contribution in [3.8, 4) is 11.1 Å². The Hall–Kier alpha value is -2.77. The van der Waals surface area contributed by atoms with E-state index in [4.69, 9.17) is 0 Å². The van der Waals surface area contributed by atoms with Crippen molar-refractivity contribution in [1.82, 2.24) is 0 Å². The van der Waals surface area contributed by atoms with Gasteiger partial charge in [0, 0.05) is 0 Å². The molecule has 0 unspecified atom stereocenters. The van der Waals surface area contributed by atoms with Gasteiger partial charge in [0.1, 0.15) is 0 Å². The number of hydrogen-bond acceptors (Lipinski definition) is 0. The van der Waals surface area contributed by atoms with Crippen LogP contribution in [0.1, 0.15) is 5.56 Å². The topological polar surface area (TPSA) is 0 Å². The first-order valence-electron chi connectivity index (χ1n) is 8.83. The standard InChI is InChI=1S/C25H21S/c1-20-10-8-9-15-25(20)21-16-18-24(19-17-21)26(22-11-4-2-5-12-22)23-13-6-3-7-14-23/h2-19H,1H3/q+1. The van der Waals surface area contributed by atoms with Crippen molar-refractivity contribution in [2.24, 2.45) is 0 Å². The van der Waals surface area contributed by atoms with Crippen molar-refractivity contribution in [3.05, 3.63) is 115 Å².